The zero-order valence-corrected chi connectivity index (χ0v) is 16.6. The third-order valence-corrected chi connectivity index (χ3v) is 5.61. The van der Waals surface area contributed by atoms with E-state index in [1.165, 1.54) is 4.31 Å². The van der Waals surface area contributed by atoms with Crippen molar-refractivity contribution in [3.8, 4) is 0 Å². The first-order chi connectivity index (χ1) is 11.7. The van der Waals surface area contributed by atoms with Crippen molar-refractivity contribution in [3.05, 3.63) is 29.3 Å². The molecule has 1 aromatic carbocycles. The highest BCUT2D eigenvalue weighted by Crippen LogP contribution is 2.21. The molecule has 1 aliphatic rings. The Balaban J connectivity index is 1.94. The summed E-state index contributed by atoms with van der Waals surface area (Å²) >= 11 is 6.03. The minimum absolute atomic E-state index is 0.0891. The van der Waals surface area contributed by atoms with E-state index in [0.717, 1.165) is 11.9 Å². The van der Waals surface area contributed by atoms with Crippen LogP contribution in [-0.2, 0) is 14.8 Å². The standard InChI is InChI=1S/C17H26ClN3O3S/c1-14(2)12-21(25(3,23)24)13-17(22)20-9-7-19(8-10-20)16-6-4-5-15(18)11-16/h4-6,11,14H,7-10,12-13H2,1-3H3. The zero-order chi connectivity index (χ0) is 18.6. The molecule has 0 aliphatic carbocycles. The Hall–Kier alpha value is -1.31. The molecule has 140 valence electrons. The van der Waals surface area contributed by atoms with Gasteiger partial charge in [0.1, 0.15) is 0 Å². The highest BCUT2D eigenvalue weighted by molar-refractivity contribution is 7.88. The Morgan fingerprint density at radius 3 is 2.40 bits per heavy atom. The van der Waals surface area contributed by atoms with Gasteiger partial charge in [-0.15, -0.1) is 0 Å². The maximum absolute atomic E-state index is 12.5. The summed E-state index contributed by atoms with van der Waals surface area (Å²) in [6.45, 7) is 6.69. The number of piperazine rings is 1. The van der Waals surface area contributed by atoms with Crippen molar-refractivity contribution >= 4 is 33.2 Å². The van der Waals surface area contributed by atoms with Gasteiger partial charge < -0.3 is 9.80 Å². The summed E-state index contributed by atoms with van der Waals surface area (Å²) in [4.78, 5) is 16.4. The Bertz CT molecular complexity index is 701. The summed E-state index contributed by atoms with van der Waals surface area (Å²) in [6.07, 6.45) is 1.15. The molecule has 0 radical (unpaired) electrons. The van der Waals surface area contributed by atoms with Gasteiger partial charge >= 0.3 is 0 Å². The molecule has 25 heavy (non-hydrogen) atoms. The van der Waals surface area contributed by atoms with Crippen LogP contribution < -0.4 is 4.90 Å². The largest absolute Gasteiger partial charge is 0.368 e. The third-order valence-electron chi connectivity index (χ3n) is 4.16. The molecule has 1 amide bonds. The Morgan fingerprint density at radius 2 is 1.88 bits per heavy atom. The van der Waals surface area contributed by atoms with Crippen molar-refractivity contribution in [3.63, 3.8) is 0 Å². The summed E-state index contributed by atoms with van der Waals surface area (Å²) in [5, 5.41) is 0.688. The van der Waals surface area contributed by atoms with Crippen molar-refractivity contribution in [1.29, 1.82) is 0 Å². The van der Waals surface area contributed by atoms with E-state index in [1.807, 2.05) is 38.1 Å². The second kappa shape index (κ2) is 8.38. The van der Waals surface area contributed by atoms with E-state index in [2.05, 4.69) is 4.90 Å². The number of sulfonamides is 1. The van der Waals surface area contributed by atoms with E-state index in [0.29, 0.717) is 37.7 Å². The van der Waals surface area contributed by atoms with Gasteiger partial charge in [-0.3, -0.25) is 4.79 Å². The molecule has 8 heteroatoms. The number of amides is 1. The summed E-state index contributed by atoms with van der Waals surface area (Å²) in [7, 11) is -3.39. The highest BCUT2D eigenvalue weighted by atomic mass is 35.5. The summed E-state index contributed by atoms with van der Waals surface area (Å²) in [6, 6.07) is 7.65. The lowest BCUT2D eigenvalue weighted by molar-refractivity contribution is -0.131. The van der Waals surface area contributed by atoms with Crippen molar-refractivity contribution in [2.24, 2.45) is 5.92 Å². The Morgan fingerprint density at radius 1 is 1.24 bits per heavy atom. The number of benzene rings is 1. The molecule has 0 bridgehead atoms. The highest BCUT2D eigenvalue weighted by Gasteiger charge is 2.26. The molecule has 0 unspecified atom stereocenters. The van der Waals surface area contributed by atoms with Crippen LogP contribution in [0.1, 0.15) is 13.8 Å². The van der Waals surface area contributed by atoms with Gasteiger partial charge in [0.25, 0.3) is 0 Å². The molecule has 2 rings (SSSR count). The van der Waals surface area contributed by atoms with Crippen LogP contribution in [0.4, 0.5) is 5.69 Å². The average Bonchev–Trinajstić information content (AvgIpc) is 2.53. The molecule has 0 N–H and O–H groups in total. The molecule has 0 saturated carbocycles. The van der Waals surface area contributed by atoms with Gasteiger partial charge in [0.05, 0.1) is 12.8 Å². The molecule has 1 aromatic rings. The van der Waals surface area contributed by atoms with E-state index in [1.54, 1.807) is 4.90 Å². The van der Waals surface area contributed by atoms with Gasteiger partial charge in [-0.05, 0) is 24.1 Å². The molecule has 1 fully saturated rings. The number of anilines is 1. The van der Waals surface area contributed by atoms with Crippen LogP contribution >= 0.6 is 11.6 Å². The van der Waals surface area contributed by atoms with Crippen molar-refractivity contribution < 1.29 is 13.2 Å². The van der Waals surface area contributed by atoms with Crippen LogP contribution in [0, 0.1) is 5.92 Å². The maximum Gasteiger partial charge on any atom is 0.238 e. The second-order valence-electron chi connectivity index (χ2n) is 6.80. The Labute approximate surface area is 155 Å². The molecule has 0 atom stereocenters. The fourth-order valence-corrected chi connectivity index (χ4v) is 3.96. The summed E-state index contributed by atoms with van der Waals surface area (Å²) in [5.74, 6) is 0.0269. The quantitative estimate of drug-likeness (QED) is 0.748. The van der Waals surface area contributed by atoms with E-state index < -0.39 is 10.0 Å². The van der Waals surface area contributed by atoms with E-state index >= 15 is 0 Å². The first kappa shape index (κ1) is 20.0. The minimum Gasteiger partial charge on any atom is -0.368 e. The summed E-state index contributed by atoms with van der Waals surface area (Å²) in [5.41, 5.74) is 1.04. The van der Waals surface area contributed by atoms with Crippen LogP contribution in [-0.4, -0.2) is 69.1 Å². The average molecular weight is 388 g/mol. The number of hydrogen-bond donors (Lipinski definition) is 0. The number of hydrogen-bond acceptors (Lipinski definition) is 4. The molecular formula is C17H26ClN3O3S. The number of halogens is 1. The maximum atomic E-state index is 12.5. The smallest absolute Gasteiger partial charge is 0.238 e. The topological polar surface area (TPSA) is 60.9 Å². The lowest BCUT2D eigenvalue weighted by atomic mass is 10.2. The van der Waals surface area contributed by atoms with Crippen molar-refractivity contribution in [2.75, 3.05) is 50.4 Å². The number of carbonyl (C=O) groups is 1. The molecule has 6 nitrogen and oxygen atoms in total. The van der Waals surface area contributed by atoms with E-state index in [4.69, 9.17) is 11.6 Å². The lowest BCUT2D eigenvalue weighted by Gasteiger charge is -2.37. The minimum atomic E-state index is -3.39. The number of carbonyl (C=O) groups excluding carboxylic acids is 1. The first-order valence-electron chi connectivity index (χ1n) is 8.40. The molecular weight excluding hydrogens is 362 g/mol. The molecule has 1 saturated heterocycles. The lowest BCUT2D eigenvalue weighted by Crippen LogP contribution is -2.52. The van der Waals surface area contributed by atoms with Gasteiger partial charge in [0.2, 0.25) is 15.9 Å². The zero-order valence-electron chi connectivity index (χ0n) is 15.0. The fourth-order valence-electron chi connectivity index (χ4n) is 2.86. The van der Waals surface area contributed by atoms with Crippen molar-refractivity contribution in [1.82, 2.24) is 9.21 Å². The van der Waals surface area contributed by atoms with Crippen LogP contribution in [0.3, 0.4) is 0 Å². The van der Waals surface area contributed by atoms with E-state index in [9.17, 15) is 13.2 Å². The number of nitrogens with zero attached hydrogens (tertiary/aromatic N) is 3. The van der Waals surface area contributed by atoms with Crippen LogP contribution in [0.25, 0.3) is 0 Å². The van der Waals surface area contributed by atoms with Gasteiger partial charge in [-0.1, -0.05) is 31.5 Å². The van der Waals surface area contributed by atoms with E-state index in [-0.39, 0.29) is 18.4 Å². The van der Waals surface area contributed by atoms with Crippen molar-refractivity contribution in [2.45, 2.75) is 13.8 Å². The molecule has 1 heterocycles. The van der Waals surface area contributed by atoms with Crippen LogP contribution in [0.15, 0.2) is 24.3 Å². The molecule has 1 aliphatic heterocycles. The molecule has 0 spiro atoms. The van der Waals surface area contributed by atoms with Crippen LogP contribution in [0.2, 0.25) is 5.02 Å². The van der Waals surface area contributed by atoms with Gasteiger partial charge in [0.15, 0.2) is 0 Å². The predicted octanol–water partition coefficient (Wildman–Crippen LogP) is 1.91. The SMILES string of the molecule is CC(C)CN(CC(=O)N1CCN(c2cccc(Cl)c2)CC1)S(C)(=O)=O. The third kappa shape index (κ3) is 5.87. The van der Waals surface area contributed by atoms with Crippen LogP contribution in [0.5, 0.6) is 0 Å². The predicted molar refractivity (Wildman–Crippen MR) is 101 cm³/mol. The second-order valence-corrected chi connectivity index (χ2v) is 9.22. The first-order valence-corrected chi connectivity index (χ1v) is 10.6. The fraction of sp³-hybridized carbons (Fsp3) is 0.588. The molecule has 0 aromatic heterocycles. The van der Waals surface area contributed by atoms with Gasteiger partial charge in [-0.2, -0.15) is 4.31 Å². The normalized spacial score (nSPS) is 15.9. The summed E-state index contributed by atoms with van der Waals surface area (Å²) < 4.78 is 25.0. The van der Waals surface area contributed by atoms with Gasteiger partial charge in [0, 0.05) is 43.4 Å². The number of rotatable bonds is 6. The Kier molecular flexibility index (Phi) is 6.71. The van der Waals surface area contributed by atoms with Gasteiger partial charge in [-0.25, -0.2) is 8.42 Å². The monoisotopic (exact) mass is 387 g/mol.